The van der Waals surface area contributed by atoms with Crippen molar-refractivity contribution in [3.63, 3.8) is 0 Å². The average molecular weight is 153 g/mol. The average Bonchev–Trinajstić information content (AvgIpc) is 2.52. The lowest BCUT2D eigenvalue weighted by Crippen LogP contribution is -2.15. The van der Waals surface area contributed by atoms with Crippen LogP contribution in [0.1, 0.15) is 11.7 Å². The van der Waals surface area contributed by atoms with Crippen LogP contribution in [0.4, 0.5) is 0 Å². The van der Waals surface area contributed by atoms with Crippen LogP contribution in [0.3, 0.4) is 0 Å². The van der Waals surface area contributed by atoms with Crippen molar-refractivity contribution < 1.29 is 9.53 Å². The maximum Gasteiger partial charge on any atom is 0.258 e. The summed E-state index contributed by atoms with van der Waals surface area (Å²) in [5.74, 6) is -0.149. The van der Waals surface area contributed by atoms with Gasteiger partial charge in [0.15, 0.2) is 6.33 Å². The van der Waals surface area contributed by atoms with Crippen LogP contribution < -0.4 is 0 Å². The van der Waals surface area contributed by atoms with E-state index >= 15 is 0 Å². The van der Waals surface area contributed by atoms with Crippen molar-refractivity contribution in [2.24, 2.45) is 0 Å². The fourth-order valence-electron chi connectivity index (χ4n) is 0.627. The summed E-state index contributed by atoms with van der Waals surface area (Å²) >= 11 is 0. The molecule has 4 heteroatoms. The van der Waals surface area contributed by atoms with Crippen LogP contribution in [0.5, 0.6) is 0 Å². The summed E-state index contributed by atoms with van der Waals surface area (Å²) in [7, 11) is 0. The molecule has 0 aromatic carbocycles. The van der Waals surface area contributed by atoms with Crippen molar-refractivity contribution in [1.82, 2.24) is 9.55 Å². The summed E-state index contributed by atoms with van der Waals surface area (Å²) in [5, 5.41) is 0. The van der Waals surface area contributed by atoms with Crippen LogP contribution >= 0.6 is 0 Å². The molecular weight excluding hydrogens is 144 g/mol. The van der Waals surface area contributed by atoms with Crippen LogP contribution in [-0.2, 0) is 4.74 Å². The first-order valence-corrected chi connectivity index (χ1v) is 3.36. The van der Waals surface area contributed by atoms with Crippen LogP contribution in [0.15, 0.2) is 12.4 Å². The third-order valence-corrected chi connectivity index (χ3v) is 1.15. The highest BCUT2D eigenvalue weighted by molar-refractivity contribution is 5.79. The van der Waals surface area contributed by atoms with Gasteiger partial charge in [-0.2, -0.15) is 0 Å². The van der Waals surface area contributed by atoms with Crippen molar-refractivity contribution in [2.75, 3.05) is 13.2 Å². The second-order valence-corrected chi connectivity index (χ2v) is 1.93. The zero-order valence-corrected chi connectivity index (χ0v) is 6.28. The summed E-state index contributed by atoms with van der Waals surface area (Å²) < 4.78 is 6.17. The van der Waals surface area contributed by atoms with Crippen molar-refractivity contribution >= 4 is 5.91 Å². The quantitative estimate of drug-likeness (QED) is 0.629. The first-order valence-electron chi connectivity index (χ1n) is 3.36. The number of hydrogen-bond acceptors (Lipinski definition) is 3. The standard InChI is InChI=1S/C7H9N2O2/c1-2-11-5-7(10)9-4-3-8-6-9/h3-4H,2,5H2,1H3. The Hall–Kier alpha value is -1.16. The first kappa shape index (κ1) is 7.94. The lowest BCUT2D eigenvalue weighted by molar-refractivity contribution is 0.0697. The molecule has 1 aromatic rings. The SMILES string of the molecule is CCOCC(=O)n1[c]ncc1. The second kappa shape index (κ2) is 3.88. The predicted octanol–water partition coefficient (Wildman–Crippen LogP) is 0.360. The Bertz CT molecular complexity index is 218. The maximum absolute atomic E-state index is 11.0. The second-order valence-electron chi connectivity index (χ2n) is 1.93. The monoisotopic (exact) mass is 153 g/mol. The van der Waals surface area contributed by atoms with E-state index in [1.807, 2.05) is 6.92 Å². The predicted molar refractivity (Wildman–Crippen MR) is 38.2 cm³/mol. The molecular formula is C7H9N2O2. The zero-order chi connectivity index (χ0) is 8.10. The minimum Gasteiger partial charge on any atom is -0.372 e. The smallest absolute Gasteiger partial charge is 0.258 e. The Labute approximate surface area is 64.8 Å². The molecule has 0 bridgehead atoms. The molecule has 0 aliphatic heterocycles. The summed E-state index contributed by atoms with van der Waals surface area (Å²) in [4.78, 5) is 14.6. The molecule has 1 radical (unpaired) electrons. The lowest BCUT2D eigenvalue weighted by atomic mass is 10.6. The molecule has 1 heterocycles. The van der Waals surface area contributed by atoms with Gasteiger partial charge in [-0.25, -0.2) is 4.98 Å². The van der Waals surface area contributed by atoms with Crippen LogP contribution in [-0.4, -0.2) is 28.7 Å². The Morgan fingerprint density at radius 2 is 2.64 bits per heavy atom. The van der Waals surface area contributed by atoms with Crippen LogP contribution in [0, 0.1) is 6.33 Å². The van der Waals surface area contributed by atoms with E-state index in [9.17, 15) is 4.79 Å². The van der Waals surface area contributed by atoms with Gasteiger partial charge in [0.25, 0.3) is 5.91 Å². The molecule has 0 aliphatic carbocycles. The van der Waals surface area contributed by atoms with Gasteiger partial charge in [0.1, 0.15) is 6.61 Å². The largest absolute Gasteiger partial charge is 0.372 e. The van der Waals surface area contributed by atoms with Crippen LogP contribution in [0.25, 0.3) is 0 Å². The van der Waals surface area contributed by atoms with Gasteiger partial charge in [-0.3, -0.25) is 9.36 Å². The molecule has 0 spiro atoms. The van der Waals surface area contributed by atoms with Crippen LogP contribution in [0.2, 0.25) is 0 Å². The highest BCUT2D eigenvalue weighted by atomic mass is 16.5. The number of imidazole rings is 1. The van der Waals surface area contributed by atoms with E-state index in [2.05, 4.69) is 11.3 Å². The van der Waals surface area contributed by atoms with E-state index < -0.39 is 0 Å². The molecule has 0 amide bonds. The Kier molecular flexibility index (Phi) is 2.80. The molecule has 0 saturated heterocycles. The normalized spacial score (nSPS) is 9.91. The molecule has 0 N–H and O–H groups in total. The third-order valence-electron chi connectivity index (χ3n) is 1.15. The van der Waals surface area contributed by atoms with Gasteiger partial charge < -0.3 is 4.74 Å². The van der Waals surface area contributed by atoms with Crippen molar-refractivity contribution in [3.05, 3.63) is 18.7 Å². The minimum absolute atomic E-state index is 0.0867. The fraction of sp³-hybridized carbons (Fsp3) is 0.429. The molecule has 4 nitrogen and oxygen atoms in total. The first-order chi connectivity index (χ1) is 5.34. The van der Waals surface area contributed by atoms with E-state index in [1.54, 1.807) is 6.20 Å². The number of carbonyl (C=O) groups is 1. The fourth-order valence-corrected chi connectivity index (χ4v) is 0.627. The molecule has 11 heavy (non-hydrogen) atoms. The van der Waals surface area contributed by atoms with Gasteiger partial charge in [0.2, 0.25) is 0 Å². The van der Waals surface area contributed by atoms with Gasteiger partial charge >= 0.3 is 0 Å². The minimum atomic E-state index is -0.149. The molecule has 0 unspecified atom stereocenters. The lowest BCUT2D eigenvalue weighted by Gasteiger charge is -1.98. The summed E-state index contributed by atoms with van der Waals surface area (Å²) in [5.41, 5.74) is 0. The highest BCUT2D eigenvalue weighted by Crippen LogP contribution is 1.85. The third kappa shape index (κ3) is 2.16. The summed E-state index contributed by atoms with van der Waals surface area (Å²) in [6, 6.07) is 0. The van der Waals surface area contributed by atoms with Gasteiger partial charge in [-0.15, -0.1) is 0 Å². The van der Waals surface area contributed by atoms with Gasteiger partial charge in [-0.05, 0) is 6.92 Å². The van der Waals surface area contributed by atoms with Gasteiger partial charge in [-0.1, -0.05) is 0 Å². The Balaban J connectivity index is 2.43. The summed E-state index contributed by atoms with van der Waals surface area (Å²) in [6.45, 7) is 2.47. The number of hydrogen-bond donors (Lipinski definition) is 0. The highest BCUT2D eigenvalue weighted by Gasteiger charge is 2.02. The Morgan fingerprint density at radius 1 is 1.82 bits per heavy atom. The maximum atomic E-state index is 11.0. The molecule has 59 valence electrons. The number of carbonyl (C=O) groups excluding carboxylic acids is 1. The summed E-state index contributed by atoms with van der Waals surface area (Å²) in [6.07, 6.45) is 5.53. The number of aromatic nitrogens is 2. The molecule has 1 aromatic heterocycles. The van der Waals surface area contributed by atoms with E-state index in [4.69, 9.17) is 4.74 Å². The topological polar surface area (TPSA) is 44.1 Å². The molecule has 0 aliphatic rings. The molecule has 0 atom stereocenters. The van der Waals surface area contributed by atoms with E-state index in [-0.39, 0.29) is 12.5 Å². The van der Waals surface area contributed by atoms with E-state index in [0.29, 0.717) is 6.61 Å². The van der Waals surface area contributed by atoms with E-state index in [1.165, 1.54) is 10.8 Å². The van der Waals surface area contributed by atoms with Crippen molar-refractivity contribution in [2.45, 2.75) is 6.92 Å². The van der Waals surface area contributed by atoms with Gasteiger partial charge in [0.05, 0.1) is 0 Å². The van der Waals surface area contributed by atoms with Crippen molar-refractivity contribution in [3.8, 4) is 0 Å². The Morgan fingerprint density at radius 3 is 3.18 bits per heavy atom. The number of rotatable bonds is 3. The zero-order valence-electron chi connectivity index (χ0n) is 6.28. The number of ether oxygens (including phenoxy) is 1. The van der Waals surface area contributed by atoms with Gasteiger partial charge in [0, 0.05) is 19.0 Å². The van der Waals surface area contributed by atoms with E-state index in [0.717, 1.165) is 0 Å². The van der Waals surface area contributed by atoms with Crippen molar-refractivity contribution in [1.29, 1.82) is 0 Å². The molecule has 0 saturated carbocycles. The molecule has 0 fully saturated rings. The number of nitrogens with zero attached hydrogens (tertiary/aromatic N) is 2. The molecule has 1 rings (SSSR count).